The van der Waals surface area contributed by atoms with E-state index < -0.39 is 28.5 Å². The first kappa shape index (κ1) is 29.4. The molecule has 2 atom stereocenters. The van der Waals surface area contributed by atoms with Crippen molar-refractivity contribution in [2.75, 3.05) is 13.6 Å². The number of carbonyl (C=O) groups is 2. The van der Waals surface area contributed by atoms with Crippen LogP contribution in [0, 0.1) is 0 Å². The number of benzene rings is 2. The summed E-state index contributed by atoms with van der Waals surface area (Å²) in [5.41, 5.74) is 0.586. The first-order valence-corrected chi connectivity index (χ1v) is 13.7. The van der Waals surface area contributed by atoms with E-state index in [0.29, 0.717) is 27.1 Å². The first-order valence-electron chi connectivity index (χ1n) is 11.2. The van der Waals surface area contributed by atoms with Crippen molar-refractivity contribution in [1.29, 1.82) is 0 Å². The minimum Gasteiger partial charge on any atom is -0.352 e. The van der Waals surface area contributed by atoms with Crippen molar-refractivity contribution in [1.82, 2.24) is 14.5 Å². The van der Waals surface area contributed by atoms with Gasteiger partial charge in [0.05, 0.1) is 11.4 Å². The Bertz CT molecular complexity index is 1140. The summed E-state index contributed by atoms with van der Waals surface area (Å²) in [7, 11) is -2.65. The van der Waals surface area contributed by atoms with E-state index in [0.717, 1.165) is 10.7 Å². The van der Waals surface area contributed by atoms with Crippen LogP contribution in [0.4, 0.5) is 0 Å². The molecule has 0 fully saturated rings. The van der Waals surface area contributed by atoms with Crippen molar-refractivity contribution >= 4 is 56.6 Å². The Balaban J connectivity index is 2.37. The van der Waals surface area contributed by atoms with Crippen LogP contribution in [0.15, 0.2) is 47.4 Å². The number of sulfonamides is 1. The van der Waals surface area contributed by atoms with Crippen LogP contribution in [-0.4, -0.2) is 55.1 Å². The fourth-order valence-electron chi connectivity index (χ4n) is 3.35. The quantitative estimate of drug-likeness (QED) is 0.418. The Hall–Kier alpha value is -1.84. The number of nitrogens with one attached hydrogen (secondary N) is 1. The van der Waals surface area contributed by atoms with Crippen LogP contribution in [0.5, 0.6) is 0 Å². The zero-order valence-electron chi connectivity index (χ0n) is 20.1. The maximum absolute atomic E-state index is 13.5. The predicted octanol–water partition coefficient (Wildman–Crippen LogP) is 4.99. The SMILES string of the molecule is CCC(C)NC(=O)C(CC)N(Cc1ccc(Cl)cc1Cl)C(=O)CN(C)S(=O)(=O)c1ccc(Cl)cc1. The van der Waals surface area contributed by atoms with Gasteiger partial charge in [-0.15, -0.1) is 0 Å². The molecule has 192 valence electrons. The zero-order chi connectivity index (χ0) is 26.3. The maximum atomic E-state index is 13.5. The van der Waals surface area contributed by atoms with E-state index in [4.69, 9.17) is 34.8 Å². The van der Waals surface area contributed by atoms with Crippen molar-refractivity contribution in [2.45, 2.75) is 57.1 Å². The molecule has 0 radical (unpaired) electrons. The zero-order valence-corrected chi connectivity index (χ0v) is 23.2. The van der Waals surface area contributed by atoms with Gasteiger partial charge < -0.3 is 10.2 Å². The molecule has 2 rings (SSSR count). The lowest BCUT2D eigenvalue weighted by atomic mass is 10.1. The van der Waals surface area contributed by atoms with E-state index in [1.165, 1.54) is 36.2 Å². The second kappa shape index (κ2) is 12.9. The number of carbonyl (C=O) groups excluding carboxylic acids is 2. The third-order valence-corrected chi connectivity index (χ3v) is 8.28. The minimum absolute atomic E-state index is 0.00560. The first-order chi connectivity index (χ1) is 16.4. The third kappa shape index (κ3) is 7.82. The fraction of sp³-hybridized carbons (Fsp3) is 0.417. The van der Waals surface area contributed by atoms with Gasteiger partial charge in [0, 0.05) is 34.7 Å². The number of likely N-dealkylation sites (N-methyl/N-ethyl adjacent to an activating group) is 1. The summed E-state index contributed by atoms with van der Waals surface area (Å²) >= 11 is 18.2. The van der Waals surface area contributed by atoms with Gasteiger partial charge in [-0.05, 0) is 61.7 Å². The van der Waals surface area contributed by atoms with Crippen LogP contribution in [0.3, 0.4) is 0 Å². The number of amides is 2. The molecular weight excluding hydrogens is 533 g/mol. The van der Waals surface area contributed by atoms with Crippen LogP contribution >= 0.6 is 34.8 Å². The number of rotatable bonds is 11. The van der Waals surface area contributed by atoms with Crippen LogP contribution in [-0.2, 0) is 26.2 Å². The molecule has 0 saturated carbocycles. The second-order valence-electron chi connectivity index (χ2n) is 8.21. The van der Waals surface area contributed by atoms with Gasteiger partial charge in [0.25, 0.3) is 0 Å². The van der Waals surface area contributed by atoms with Gasteiger partial charge in [-0.25, -0.2) is 8.42 Å². The summed E-state index contributed by atoms with van der Waals surface area (Å²) < 4.78 is 27.0. The Labute approximate surface area is 222 Å². The lowest BCUT2D eigenvalue weighted by Crippen LogP contribution is -2.53. The van der Waals surface area contributed by atoms with Crippen LogP contribution in [0.2, 0.25) is 15.1 Å². The van der Waals surface area contributed by atoms with E-state index in [1.54, 1.807) is 25.1 Å². The summed E-state index contributed by atoms with van der Waals surface area (Å²) in [6.45, 7) is 5.15. The molecule has 2 amide bonds. The number of nitrogens with zero attached hydrogens (tertiary/aromatic N) is 2. The summed E-state index contributed by atoms with van der Waals surface area (Å²) in [6.07, 6.45) is 1.05. The van der Waals surface area contributed by atoms with Gasteiger partial charge in [-0.2, -0.15) is 4.31 Å². The van der Waals surface area contributed by atoms with Crippen molar-refractivity contribution in [3.05, 3.63) is 63.1 Å². The van der Waals surface area contributed by atoms with E-state index in [1.807, 2.05) is 13.8 Å². The van der Waals surface area contributed by atoms with E-state index in [-0.39, 0.29) is 23.4 Å². The molecule has 0 aromatic heterocycles. The lowest BCUT2D eigenvalue weighted by molar-refractivity contribution is -0.141. The van der Waals surface area contributed by atoms with Crippen molar-refractivity contribution in [2.24, 2.45) is 0 Å². The van der Waals surface area contributed by atoms with Gasteiger partial charge in [0.15, 0.2) is 0 Å². The van der Waals surface area contributed by atoms with Crippen LogP contribution < -0.4 is 5.32 Å². The monoisotopic (exact) mass is 561 g/mol. The summed E-state index contributed by atoms with van der Waals surface area (Å²) in [5.74, 6) is -0.856. The lowest BCUT2D eigenvalue weighted by Gasteiger charge is -2.32. The molecule has 0 bridgehead atoms. The highest BCUT2D eigenvalue weighted by Gasteiger charge is 2.32. The Morgan fingerprint density at radius 2 is 1.57 bits per heavy atom. The van der Waals surface area contributed by atoms with Gasteiger partial charge in [0.2, 0.25) is 21.8 Å². The highest BCUT2D eigenvalue weighted by Crippen LogP contribution is 2.24. The van der Waals surface area contributed by atoms with Gasteiger partial charge in [0.1, 0.15) is 6.04 Å². The van der Waals surface area contributed by atoms with Crippen LogP contribution in [0.25, 0.3) is 0 Å². The predicted molar refractivity (Wildman–Crippen MR) is 140 cm³/mol. The van der Waals surface area contributed by atoms with E-state index >= 15 is 0 Å². The average molecular weight is 563 g/mol. The molecular formula is C24H30Cl3N3O4S. The molecule has 0 aliphatic heterocycles. The Morgan fingerprint density at radius 1 is 0.971 bits per heavy atom. The normalized spacial score (nSPS) is 13.4. The molecule has 0 saturated heterocycles. The molecule has 0 spiro atoms. The topological polar surface area (TPSA) is 86.8 Å². The molecule has 0 heterocycles. The highest BCUT2D eigenvalue weighted by molar-refractivity contribution is 7.89. The van der Waals surface area contributed by atoms with Gasteiger partial charge >= 0.3 is 0 Å². The number of hydrogen-bond donors (Lipinski definition) is 1. The second-order valence-corrected chi connectivity index (χ2v) is 11.5. The molecule has 0 aliphatic rings. The number of hydrogen-bond acceptors (Lipinski definition) is 4. The molecule has 2 aromatic rings. The minimum atomic E-state index is -3.96. The van der Waals surface area contributed by atoms with Gasteiger partial charge in [-0.1, -0.05) is 54.7 Å². The standard InChI is InChI=1S/C24H30Cl3N3O4S/c1-5-16(3)28-24(32)22(6-2)30(14-17-7-8-19(26)13-21(17)27)23(31)15-29(4)35(33,34)20-11-9-18(25)10-12-20/h7-13,16,22H,5-6,14-15H2,1-4H3,(H,28,32). The van der Waals surface area contributed by atoms with Gasteiger partial charge in [-0.3, -0.25) is 9.59 Å². The van der Waals surface area contributed by atoms with Crippen LogP contribution in [0.1, 0.15) is 39.2 Å². The molecule has 2 unspecified atom stereocenters. The third-order valence-electron chi connectivity index (χ3n) is 5.62. The molecule has 0 aliphatic carbocycles. The molecule has 11 heteroatoms. The number of halogens is 3. The van der Waals surface area contributed by atoms with E-state index in [9.17, 15) is 18.0 Å². The smallest absolute Gasteiger partial charge is 0.243 e. The maximum Gasteiger partial charge on any atom is 0.243 e. The molecule has 7 nitrogen and oxygen atoms in total. The van der Waals surface area contributed by atoms with Crippen molar-refractivity contribution in [3.63, 3.8) is 0 Å². The molecule has 35 heavy (non-hydrogen) atoms. The Kier molecular flexibility index (Phi) is 10.9. The summed E-state index contributed by atoms with van der Waals surface area (Å²) in [6, 6.07) is 9.64. The molecule has 1 N–H and O–H groups in total. The van der Waals surface area contributed by atoms with Crippen molar-refractivity contribution in [3.8, 4) is 0 Å². The largest absolute Gasteiger partial charge is 0.352 e. The molecule has 2 aromatic carbocycles. The summed E-state index contributed by atoms with van der Waals surface area (Å²) in [4.78, 5) is 27.9. The fourth-order valence-corrected chi connectivity index (χ4v) is 5.06. The summed E-state index contributed by atoms with van der Waals surface area (Å²) in [5, 5.41) is 4.08. The van der Waals surface area contributed by atoms with E-state index in [2.05, 4.69) is 5.32 Å². The Morgan fingerprint density at radius 3 is 2.11 bits per heavy atom. The highest BCUT2D eigenvalue weighted by atomic mass is 35.5. The van der Waals surface area contributed by atoms with Crippen molar-refractivity contribution < 1.29 is 18.0 Å². The average Bonchev–Trinajstić information content (AvgIpc) is 2.80.